The number of aromatic nitrogens is 1. The Morgan fingerprint density at radius 3 is 1.56 bits per heavy atom. The number of nitrogens with two attached hydrogens (primary N) is 1. The van der Waals surface area contributed by atoms with Gasteiger partial charge in [0.15, 0.2) is 5.78 Å². The molecule has 0 aliphatic carbocycles. The SMILES string of the molecule is Cc1[c-]c(C)c(C)c(C)c1C.Cc1cc(C(=O)c2c(C)c(C)c(C)c(C)c2C)c(N)c(C)c1C.Cc1cc2c(=O)oc(-c3ccccc3)nc2c(C)c1C.[Li+]. The van der Waals surface area contributed by atoms with E-state index in [0.29, 0.717) is 22.5 Å². The molecule has 0 saturated heterocycles. The van der Waals surface area contributed by atoms with E-state index in [9.17, 15) is 9.59 Å². The summed E-state index contributed by atoms with van der Waals surface area (Å²) in [4.78, 5) is 30.0. The van der Waals surface area contributed by atoms with Crippen molar-refractivity contribution in [3.8, 4) is 11.5 Å². The van der Waals surface area contributed by atoms with Crippen LogP contribution >= 0.6 is 0 Å². The van der Waals surface area contributed by atoms with Gasteiger partial charge in [0, 0.05) is 22.4 Å². The van der Waals surface area contributed by atoms with E-state index >= 15 is 0 Å². The van der Waals surface area contributed by atoms with Gasteiger partial charge in [-0.3, -0.25) is 4.79 Å². The summed E-state index contributed by atoms with van der Waals surface area (Å²) in [5.41, 5.74) is 28.6. The predicted octanol–water partition coefficient (Wildman–Crippen LogP) is 8.78. The summed E-state index contributed by atoms with van der Waals surface area (Å²) < 4.78 is 5.36. The molecule has 0 spiro atoms. The maximum absolute atomic E-state index is 13.3. The number of rotatable bonds is 3. The van der Waals surface area contributed by atoms with Crippen LogP contribution in [-0.4, -0.2) is 10.8 Å². The largest absolute Gasteiger partial charge is 1.00 e. The molecule has 0 amide bonds. The number of fused-ring (bicyclic) bond motifs is 1. The standard InChI is InChI=1S/C21H27NO.C17H15NO2.C11H15.Li/c1-10-9-18(20(22)17(8)11(10)2)21(23)19-15(6)13(4)12(3)14(5)16(19)7;1-10-9-14-15(12(3)11(10)2)18-16(20-17(14)19)13-7-5-4-6-8-13;1-7-6-8(2)10(4)11(5)9(7)3;/h9H,22H2,1-8H3;4-9H,1-3H3;1-5H3;/q;;-1;+1. The van der Waals surface area contributed by atoms with Crippen molar-refractivity contribution in [2.45, 2.75) is 111 Å². The molecule has 1 aromatic heterocycles. The molecular weight excluding hydrogens is 671 g/mol. The van der Waals surface area contributed by atoms with E-state index in [1.807, 2.05) is 97.9 Å². The third kappa shape index (κ3) is 8.91. The van der Waals surface area contributed by atoms with Crippen molar-refractivity contribution >= 4 is 22.4 Å². The Bertz CT molecular complexity index is 2440. The van der Waals surface area contributed by atoms with Crippen LogP contribution < -0.4 is 30.2 Å². The molecule has 5 aromatic carbocycles. The van der Waals surface area contributed by atoms with Gasteiger partial charge in [0.25, 0.3) is 0 Å². The Balaban J connectivity index is 0.000000232. The molecule has 0 aliphatic heterocycles. The summed E-state index contributed by atoms with van der Waals surface area (Å²) in [7, 11) is 0. The first-order chi connectivity index (χ1) is 25.2. The van der Waals surface area contributed by atoms with Crippen LogP contribution in [-0.2, 0) is 0 Å². The number of anilines is 1. The molecule has 6 aromatic rings. The molecule has 0 bridgehead atoms. The summed E-state index contributed by atoms with van der Waals surface area (Å²) in [5, 5.41) is 0.547. The van der Waals surface area contributed by atoms with Gasteiger partial charge in [0.2, 0.25) is 5.89 Å². The zero-order valence-corrected chi connectivity index (χ0v) is 36.3. The number of carbonyl (C=O) groups excluding carboxylic acids is 1. The fourth-order valence-corrected chi connectivity index (χ4v) is 6.92. The van der Waals surface area contributed by atoms with Crippen molar-refractivity contribution in [3.05, 3.63) is 159 Å². The van der Waals surface area contributed by atoms with E-state index in [-0.39, 0.29) is 30.3 Å². The third-order valence-corrected chi connectivity index (χ3v) is 12.1. The van der Waals surface area contributed by atoms with Gasteiger partial charge in [-0.25, -0.2) is 9.78 Å². The number of nitrogen functional groups attached to an aromatic ring is 1. The average Bonchev–Trinajstić information content (AvgIpc) is 3.15. The quantitative estimate of drug-likeness (QED) is 0.0853. The Labute approximate surface area is 341 Å². The molecule has 2 N–H and O–H groups in total. The predicted molar refractivity (Wildman–Crippen MR) is 228 cm³/mol. The first-order valence-corrected chi connectivity index (χ1v) is 18.6. The van der Waals surface area contributed by atoms with E-state index in [0.717, 1.165) is 61.2 Å². The minimum absolute atomic E-state index is 0. The number of hydrogen-bond donors (Lipinski definition) is 1. The molecule has 282 valence electrons. The van der Waals surface area contributed by atoms with Crippen molar-refractivity contribution in [2.75, 3.05) is 5.73 Å². The molecule has 0 aliphatic rings. The molecule has 6 rings (SSSR count). The minimum atomic E-state index is -0.333. The Morgan fingerprint density at radius 1 is 0.582 bits per heavy atom. The van der Waals surface area contributed by atoms with E-state index in [4.69, 9.17) is 10.2 Å². The van der Waals surface area contributed by atoms with Gasteiger partial charge in [-0.2, -0.15) is 33.9 Å². The molecule has 0 unspecified atom stereocenters. The second-order valence-corrected chi connectivity index (χ2v) is 15.0. The van der Waals surface area contributed by atoms with Crippen molar-refractivity contribution in [1.82, 2.24) is 4.98 Å². The number of benzene rings is 5. The van der Waals surface area contributed by atoms with E-state index in [1.165, 1.54) is 44.5 Å². The Hall–Kier alpha value is -4.69. The van der Waals surface area contributed by atoms with Gasteiger partial charge in [-0.15, -0.1) is 0 Å². The van der Waals surface area contributed by atoms with Gasteiger partial charge >= 0.3 is 24.5 Å². The zero-order valence-electron chi connectivity index (χ0n) is 36.3. The molecule has 55 heavy (non-hydrogen) atoms. The van der Waals surface area contributed by atoms with Crippen molar-refractivity contribution in [2.24, 2.45) is 0 Å². The van der Waals surface area contributed by atoms with E-state index in [2.05, 4.69) is 66.4 Å². The second-order valence-electron chi connectivity index (χ2n) is 15.0. The molecular formula is C49H57LiN2O3. The minimum Gasteiger partial charge on any atom is -0.403 e. The topological polar surface area (TPSA) is 86.2 Å². The fraction of sp³-hybridized carbons (Fsp3) is 0.327. The number of ketones is 1. The van der Waals surface area contributed by atoms with Gasteiger partial charge in [0.05, 0.1) is 10.9 Å². The number of hydrogen-bond acceptors (Lipinski definition) is 5. The van der Waals surface area contributed by atoms with Gasteiger partial charge in [-0.05, 0) is 162 Å². The first-order valence-electron chi connectivity index (χ1n) is 18.6. The average molecular weight is 729 g/mol. The first kappa shape index (κ1) is 44.7. The molecule has 0 saturated carbocycles. The van der Waals surface area contributed by atoms with Crippen molar-refractivity contribution < 1.29 is 28.1 Å². The summed E-state index contributed by atoms with van der Waals surface area (Å²) in [5.74, 6) is 0.407. The van der Waals surface area contributed by atoms with Gasteiger partial charge in [0.1, 0.15) is 0 Å². The van der Waals surface area contributed by atoms with Crippen LogP contribution in [0, 0.1) is 117 Å². The molecule has 5 nitrogen and oxygen atoms in total. The fourth-order valence-electron chi connectivity index (χ4n) is 6.92. The molecule has 0 fully saturated rings. The maximum atomic E-state index is 13.3. The number of nitrogens with zero attached hydrogens (tertiary/aromatic N) is 1. The van der Waals surface area contributed by atoms with Gasteiger partial charge < -0.3 is 10.2 Å². The van der Waals surface area contributed by atoms with Crippen LogP contribution in [0.3, 0.4) is 0 Å². The number of aryl methyl sites for hydroxylation is 5. The van der Waals surface area contributed by atoms with Crippen LogP contribution in [0.1, 0.15) is 105 Å². The zero-order chi connectivity index (χ0) is 40.5. The number of carbonyl (C=O) groups is 1. The van der Waals surface area contributed by atoms with Crippen LogP contribution in [0.5, 0.6) is 0 Å². The molecule has 0 atom stereocenters. The second kappa shape index (κ2) is 17.8. The van der Waals surface area contributed by atoms with E-state index < -0.39 is 0 Å². The summed E-state index contributed by atoms with van der Waals surface area (Å²) >= 11 is 0. The maximum Gasteiger partial charge on any atom is 1.00 e. The molecule has 0 radical (unpaired) electrons. The Morgan fingerprint density at radius 2 is 1.04 bits per heavy atom. The van der Waals surface area contributed by atoms with Gasteiger partial charge in [-0.1, -0.05) is 52.8 Å². The van der Waals surface area contributed by atoms with Crippen molar-refractivity contribution in [1.29, 1.82) is 0 Å². The summed E-state index contributed by atoms with van der Waals surface area (Å²) in [6, 6.07) is 16.6. The van der Waals surface area contributed by atoms with Crippen LogP contribution in [0.4, 0.5) is 5.69 Å². The summed E-state index contributed by atoms with van der Waals surface area (Å²) in [6.45, 7) is 33.2. The Kier molecular flexibility index (Phi) is 14.5. The normalized spacial score (nSPS) is 10.6. The van der Waals surface area contributed by atoms with Crippen LogP contribution in [0.2, 0.25) is 0 Å². The summed E-state index contributed by atoms with van der Waals surface area (Å²) in [6.07, 6.45) is 0. The smallest absolute Gasteiger partial charge is 0.403 e. The van der Waals surface area contributed by atoms with Crippen molar-refractivity contribution in [3.63, 3.8) is 0 Å². The van der Waals surface area contributed by atoms with Crippen LogP contribution in [0.25, 0.3) is 22.4 Å². The third-order valence-electron chi connectivity index (χ3n) is 12.1. The molecule has 1 heterocycles. The monoisotopic (exact) mass is 728 g/mol. The van der Waals surface area contributed by atoms with Crippen LogP contribution in [0.15, 0.2) is 51.7 Å². The van der Waals surface area contributed by atoms with E-state index in [1.54, 1.807) is 0 Å². The molecule has 6 heteroatoms.